The first kappa shape index (κ1) is 11.1. The zero-order valence-electron chi connectivity index (χ0n) is 8.60. The van der Waals surface area contributed by atoms with Crippen LogP contribution in [0.25, 0.3) is 0 Å². The van der Waals surface area contributed by atoms with Crippen LogP contribution in [-0.2, 0) is 0 Å². The minimum absolute atomic E-state index is 0.825. The maximum atomic E-state index is 5.49. The van der Waals surface area contributed by atoms with Gasteiger partial charge in [0.15, 0.2) is 0 Å². The van der Waals surface area contributed by atoms with Gasteiger partial charge in [0.05, 0.1) is 5.71 Å². The van der Waals surface area contributed by atoms with Gasteiger partial charge in [0.25, 0.3) is 0 Å². The molecular weight excluding hydrogens is 311 g/mol. The largest absolute Gasteiger partial charge is 0.323 e. The highest BCUT2D eigenvalue weighted by Gasteiger charge is 2.08. The third kappa shape index (κ3) is 2.24. The SMILES string of the molecule is N/N=C(\c1ccccc1)c1ccccc1I. The van der Waals surface area contributed by atoms with E-state index in [-0.39, 0.29) is 0 Å². The second-order valence-electron chi connectivity index (χ2n) is 3.32. The van der Waals surface area contributed by atoms with Crippen molar-refractivity contribution in [3.05, 3.63) is 69.3 Å². The number of hydrazone groups is 1. The average molecular weight is 322 g/mol. The number of hydrogen-bond acceptors (Lipinski definition) is 2. The number of benzene rings is 2. The van der Waals surface area contributed by atoms with Crippen LogP contribution in [0.5, 0.6) is 0 Å². The second kappa shape index (κ2) is 5.12. The first-order valence-electron chi connectivity index (χ1n) is 4.91. The lowest BCUT2D eigenvalue weighted by Gasteiger charge is -2.07. The van der Waals surface area contributed by atoms with Crippen molar-refractivity contribution in [3.8, 4) is 0 Å². The van der Waals surface area contributed by atoms with Crippen molar-refractivity contribution in [3.63, 3.8) is 0 Å². The highest BCUT2D eigenvalue weighted by atomic mass is 127. The molecule has 2 N–H and O–H groups in total. The van der Waals surface area contributed by atoms with E-state index < -0.39 is 0 Å². The van der Waals surface area contributed by atoms with E-state index in [1.54, 1.807) is 0 Å². The lowest BCUT2D eigenvalue weighted by molar-refractivity contribution is 1.24. The monoisotopic (exact) mass is 322 g/mol. The van der Waals surface area contributed by atoms with Crippen molar-refractivity contribution >= 4 is 28.3 Å². The summed E-state index contributed by atoms with van der Waals surface area (Å²) >= 11 is 2.29. The van der Waals surface area contributed by atoms with Crippen molar-refractivity contribution in [1.29, 1.82) is 0 Å². The third-order valence-corrected chi connectivity index (χ3v) is 3.25. The van der Waals surface area contributed by atoms with Gasteiger partial charge in [-0.15, -0.1) is 0 Å². The van der Waals surface area contributed by atoms with Crippen LogP contribution in [-0.4, -0.2) is 5.71 Å². The molecule has 3 heteroatoms. The van der Waals surface area contributed by atoms with Crippen LogP contribution in [0.4, 0.5) is 0 Å². The van der Waals surface area contributed by atoms with Gasteiger partial charge in [0.1, 0.15) is 0 Å². The van der Waals surface area contributed by atoms with Crippen molar-refractivity contribution in [2.75, 3.05) is 0 Å². The molecule has 16 heavy (non-hydrogen) atoms. The zero-order chi connectivity index (χ0) is 11.4. The Hall–Kier alpha value is -1.36. The summed E-state index contributed by atoms with van der Waals surface area (Å²) in [6.07, 6.45) is 0. The fourth-order valence-electron chi connectivity index (χ4n) is 1.55. The van der Waals surface area contributed by atoms with E-state index in [0.717, 1.165) is 20.4 Å². The maximum Gasteiger partial charge on any atom is 0.0981 e. The number of halogens is 1. The van der Waals surface area contributed by atoms with Gasteiger partial charge in [-0.1, -0.05) is 48.5 Å². The van der Waals surface area contributed by atoms with Gasteiger partial charge < -0.3 is 5.84 Å². The fourth-order valence-corrected chi connectivity index (χ4v) is 2.19. The Morgan fingerprint density at radius 1 is 0.938 bits per heavy atom. The summed E-state index contributed by atoms with van der Waals surface area (Å²) in [6.45, 7) is 0. The van der Waals surface area contributed by atoms with E-state index in [0.29, 0.717) is 0 Å². The summed E-state index contributed by atoms with van der Waals surface area (Å²) in [5.41, 5.74) is 2.93. The minimum atomic E-state index is 0.825. The molecule has 2 aromatic carbocycles. The van der Waals surface area contributed by atoms with E-state index in [9.17, 15) is 0 Å². The van der Waals surface area contributed by atoms with Gasteiger partial charge in [0.2, 0.25) is 0 Å². The lowest BCUT2D eigenvalue weighted by atomic mass is 10.0. The van der Waals surface area contributed by atoms with Crippen molar-refractivity contribution in [2.24, 2.45) is 10.9 Å². The van der Waals surface area contributed by atoms with Gasteiger partial charge >= 0.3 is 0 Å². The van der Waals surface area contributed by atoms with Crippen LogP contribution < -0.4 is 5.84 Å². The number of nitrogens with two attached hydrogens (primary N) is 1. The normalized spacial score (nSPS) is 11.4. The summed E-state index contributed by atoms with van der Waals surface area (Å²) in [5, 5.41) is 3.90. The van der Waals surface area contributed by atoms with E-state index >= 15 is 0 Å². The summed E-state index contributed by atoms with van der Waals surface area (Å²) in [4.78, 5) is 0. The van der Waals surface area contributed by atoms with Crippen molar-refractivity contribution in [2.45, 2.75) is 0 Å². The van der Waals surface area contributed by atoms with E-state index in [1.165, 1.54) is 0 Å². The molecule has 0 atom stereocenters. The molecule has 0 bridgehead atoms. The number of hydrogen-bond donors (Lipinski definition) is 1. The van der Waals surface area contributed by atoms with Gasteiger partial charge in [-0.25, -0.2) is 0 Å². The predicted octanol–water partition coefficient (Wildman–Crippen LogP) is 3.00. The molecule has 0 saturated carbocycles. The number of rotatable bonds is 2. The maximum absolute atomic E-state index is 5.49. The zero-order valence-corrected chi connectivity index (χ0v) is 10.8. The first-order valence-corrected chi connectivity index (χ1v) is 5.99. The van der Waals surface area contributed by atoms with E-state index in [4.69, 9.17) is 5.84 Å². The third-order valence-electron chi connectivity index (χ3n) is 2.31. The minimum Gasteiger partial charge on any atom is -0.323 e. The molecule has 0 spiro atoms. The highest BCUT2D eigenvalue weighted by molar-refractivity contribution is 14.1. The van der Waals surface area contributed by atoms with Crippen LogP contribution in [0.15, 0.2) is 59.7 Å². The summed E-state index contributed by atoms with van der Waals surface area (Å²) in [6, 6.07) is 18.0. The predicted molar refractivity (Wildman–Crippen MR) is 75.4 cm³/mol. The average Bonchev–Trinajstić information content (AvgIpc) is 2.34. The molecule has 0 aliphatic carbocycles. The molecule has 0 radical (unpaired) electrons. The smallest absolute Gasteiger partial charge is 0.0981 e. The molecule has 0 fully saturated rings. The Bertz CT molecular complexity index is 506. The topological polar surface area (TPSA) is 38.4 Å². The second-order valence-corrected chi connectivity index (χ2v) is 4.49. The van der Waals surface area contributed by atoms with Crippen LogP contribution in [0, 0.1) is 3.57 Å². The Morgan fingerprint density at radius 2 is 1.56 bits per heavy atom. The molecule has 0 heterocycles. The molecule has 0 amide bonds. The van der Waals surface area contributed by atoms with Crippen molar-refractivity contribution < 1.29 is 0 Å². The Labute approximate surface area is 108 Å². The molecule has 2 nitrogen and oxygen atoms in total. The molecule has 0 unspecified atom stereocenters. The van der Waals surface area contributed by atoms with Crippen LogP contribution in [0.2, 0.25) is 0 Å². The first-order chi connectivity index (χ1) is 7.83. The highest BCUT2D eigenvalue weighted by Crippen LogP contribution is 2.16. The van der Waals surface area contributed by atoms with Gasteiger partial charge in [-0.05, 0) is 28.7 Å². The van der Waals surface area contributed by atoms with Crippen LogP contribution in [0.3, 0.4) is 0 Å². The van der Waals surface area contributed by atoms with E-state index in [1.807, 2.05) is 54.6 Å². The molecule has 2 rings (SSSR count). The van der Waals surface area contributed by atoms with Gasteiger partial charge in [0, 0.05) is 14.7 Å². The summed E-state index contributed by atoms with van der Waals surface area (Å²) in [7, 11) is 0. The van der Waals surface area contributed by atoms with Crippen LogP contribution >= 0.6 is 22.6 Å². The molecule has 0 aliphatic rings. The standard InChI is InChI=1S/C13H11IN2/c14-12-9-5-4-8-11(12)13(16-15)10-6-2-1-3-7-10/h1-9H,15H2/b16-13+. The molecule has 0 aromatic heterocycles. The summed E-state index contributed by atoms with van der Waals surface area (Å²) in [5.74, 6) is 5.49. The quantitative estimate of drug-likeness (QED) is 0.392. The molecule has 2 aromatic rings. The Balaban J connectivity index is 2.51. The fraction of sp³-hybridized carbons (Fsp3) is 0. The van der Waals surface area contributed by atoms with Gasteiger partial charge in [-0.3, -0.25) is 0 Å². The Morgan fingerprint density at radius 3 is 2.19 bits per heavy atom. The van der Waals surface area contributed by atoms with Gasteiger partial charge in [-0.2, -0.15) is 5.10 Å². The number of nitrogens with zero attached hydrogens (tertiary/aromatic N) is 1. The van der Waals surface area contributed by atoms with Crippen molar-refractivity contribution in [1.82, 2.24) is 0 Å². The Kier molecular flexibility index (Phi) is 3.56. The van der Waals surface area contributed by atoms with E-state index in [2.05, 4.69) is 27.7 Å². The lowest BCUT2D eigenvalue weighted by Crippen LogP contribution is -2.07. The molecule has 80 valence electrons. The molecule has 0 saturated heterocycles. The summed E-state index contributed by atoms with van der Waals surface area (Å²) < 4.78 is 1.15. The van der Waals surface area contributed by atoms with Crippen LogP contribution in [0.1, 0.15) is 11.1 Å². The molecular formula is C13H11IN2. The molecule has 0 aliphatic heterocycles.